The van der Waals surface area contributed by atoms with Crippen LogP contribution in [0.4, 0.5) is 5.82 Å². The van der Waals surface area contributed by atoms with Gasteiger partial charge in [0.05, 0.1) is 18.6 Å². The number of fused-ring (bicyclic) bond motifs is 1. The van der Waals surface area contributed by atoms with Gasteiger partial charge in [0.15, 0.2) is 0 Å². The molecule has 2 unspecified atom stereocenters. The lowest BCUT2D eigenvalue weighted by Crippen LogP contribution is -2.30. The number of anilines is 1. The molecular formula is C21H23N3O3S. The predicted octanol–water partition coefficient (Wildman–Crippen LogP) is 4.43. The first-order chi connectivity index (χ1) is 13.6. The Hall–Kier alpha value is -2.51. The van der Waals surface area contributed by atoms with Crippen LogP contribution in [-0.2, 0) is 9.47 Å². The van der Waals surface area contributed by atoms with Gasteiger partial charge in [0.25, 0.3) is 0 Å². The highest BCUT2D eigenvalue weighted by Crippen LogP contribution is 2.36. The molecule has 1 aromatic carbocycles. The van der Waals surface area contributed by atoms with E-state index < -0.39 is 0 Å². The Morgan fingerprint density at radius 2 is 2.04 bits per heavy atom. The number of thiophene rings is 1. The van der Waals surface area contributed by atoms with Crippen LogP contribution in [0, 0.1) is 13.8 Å². The van der Waals surface area contributed by atoms with Crippen LogP contribution >= 0.6 is 11.3 Å². The van der Waals surface area contributed by atoms with Gasteiger partial charge in [-0.15, -0.1) is 11.3 Å². The molecule has 0 aliphatic carbocycles. The molecule has 6 nitrogen and oxygen atoms in total. The largest absolute Gasteiger partial charge is 0.465 e. The van der Waals surface area contributed by atoms with Gasteiger partial charge in [0.1, 0.15) is 21.3 Å². The Morgan fingerprint density at radius 3 is 2.79 bits per heavy atom. The minimum Gasteiger partial charge on any atom is -0.465 e. The molecule has 146 valence electrons. The smallest absolute Gasteiger partial charge is 0.348 e. The Kier molecular flexibility index (Phi) is 5.28. The van der Waals surface area contributed by atoms with Crippen molar-refractivity contribution in [1.29, 1.82) is 0 Å². The van der Waals surface area contributed by atoms with E-state index in [1.807, 2.05) is 32.0 Å². The molecular weight excluding hydrogens is 374 g/mol. The highest BCUT2D eigenvalue weighted by molar-refractivity contribution is 7.20. The molecule has 1 fully saturated rings. The molecule has 28 heavy (non-hydrogen) atoms. The van der Waals surface area contributed by atoms with E-state index >= 15 is 0 Å². The molecule has 3 heterocycles. The van der Waals surface area contributed by atoms with Crippen molar-refractivity contribution < 1.29 is 14.3 Å². The first-order valence-electron chi connectivity index (χ1n) is 9.36. The maximum absolute atomic E-state index is 12.1. The van der Waals surface area contributed by atoms with Crippen molar-refractivity contribution in [3.63, 3.8) is 0 Å². The Morgan fingerprint density at radius 1 is 1.25 bits per heavy atom. The zero-order valence-electron chi connectivity index (χ0n) is 16.2. The summed E-state index contributed by atoms with van der Waals surface area (Å²) in [6.07, 6.45) is 1.84. The van der Waals surface area contributed by atoms with E-state index in [1.54, 1.807) is 0 Å². The van der Waals surface area contributed by atoms with E-state index in [1.165, 1.54) is 24.0 Å². The summed E-state index contributed by atoms with van der Waals surface area (Å²) < 4.78 is 10.9. The van der Waals surface area contributed by atoms with Gasteiger partial charge in [0, 0.05) is 12.6 Å². The number of rotatable bonds is 4. The standard InChI is InChI=1S/C21H23N3O3S/c1-12-17-19(22-13(2)23-20(17)28-18(12)21(25)26-3)24-15-9-10-27-16(11-15)14-7-5-4-6-8-14/h4-8,15-16H,9-11H2,1-3H3,(H,22,23,24). The Balaban J connectivity index is 1.64. The molecule has 0 spiro atoms. The average Bonchev–Trinajstić information content (AvgIpc) is 3.04. The lowest BCUT2D eigenvalue weighted by atomic mass is 9.97. The molecule has 4 rings (SSSR count). The van der Waals surface area contributed by atoms with Gasteiger partial charge in [-0.25, -0.2) is 14.8 Å². The van der Waals surface area contributed by atoms with Crippen LogP contribution in [0.5, 0.6) is 0 Å². The van der Waals surface area contributed by atoms with Crippen LogP contribution in [0.15, 0.2) is 30.3 Å². The third kappa shape index (κ3) is 3.59. The van der Waals surface area contributed by atoms with Gasteiger partial charge in [-0.05, 0) is 37.8 Å². The van der Waals surface area contributed by atoms with Crippen LogP contribution in [0.3, 0.4) is 0 Å². The van der Waals surface area contributed by atoms with Crippen LogP contribution in [0.25, 0.3) is 10.2 Å². The van der Waals surface area contributed by atoms with Crippen molar-refractivity contribution in [2.24, 2.45) is 0 Å². The zero-order valence-corrected chi connectivity index (χ0v) is 17.0. The van der Waals surface area contributed by atoms with Crippen LogP contribution in [-0.4, -0.2) is 35.7 Å². The Labute approximate surface area is 167 Å². The van der Waals surface area contributed by atoms with Gasteiger partial charge in [-0.2, -0.15) is 0 Å². The molecule has 1 saturated heterocycles. The molecule has 1 aliphatic rings. The number of methoxy groups -OCH3 is 1. The van der Waals surface area contributed by atoms with Gasteiger partial charge in [0.2, 0.25) is 0 Å². The van der Waals surface area contributed by atoms with E-state index in [0.717, 1.165) is 34.4 Å². The quantitative estimate of drug-likeness (QED) is 0.657. The summed E-state index contributed by atoms with van der Waals surface area (Å²) in [4.78, 5) is 22.6. The zero-order chi connectivity index (χ0) is 19.7. The summed E-state index contributed by atoms with van der Waals surface area (Å²) in [6.45, 7) is 4.49. The van der Waals surface area contributed by atoms with Gasteiger partial charge < -0.3 is 14.8 Å². The minimum atomic E-state index is -0.334. The lowest BCUT2D eigenvalue weighted by Gasteiger charge is -2.31. The van der Waals surface area contributed by atoms with E-state index in [-0.39, 0.29) is 18.1 Å². The van der Waals surface area contributed by atoms with Crippen LogP contribution < -0.4 is 5.32 Å². The second-order valence-electron chi connectivity index (χ2n) is 6.98. The summed E-state index contributed by atoms with van der Waals surface area (Å²) in [7, 11) is 1.40. The monoisotopic (exact) mass is 397 g/mol. The second kappa shape index (κ2) is 7.85. The maximum atomic E-state index is 12.1. The number of carbonyl (C=O) groups is 1. The summed E-state index contributed by atoms with van der Waals surface area (Å²) in [6, 6.07) is 10.5. The van der Waals surface area contributed by atoms with E-state index in [0.29, 0.717) is 17.3 Å². The number of aryl methyl sites for hydroxylation is 2. The van der Waals surface area contributed by atoms with E-state index in [2.05, 4.69) is 27.4 Å². The first-order valence-corrected chi connectivity index (χ1v) is 10.2. The van der Waals surface area contributed by atoms with Crippen LogP contribution in [0.1, 0.15) is 45.6 Å². The molecule has 2 aromatic heterocycles. The fourth-order valence-corrected chi connectivity index (χ4v) is 4.80. The summed E-state index contributed by atoms with van der Waals surface area (Å²) in [5, 5.41) is 4.50. The number of hydrogen-bond donors (Lipinski definition) is 1. The number of nitrogens with zero attached hydrogens (tertiary/aromatic N) is 2. The van der Waals surface area contributed by atoms with E-state index in [4.69, 9.17) is 9.47 Å². The van der Waals surface area contributed by atoms with Crippen molar-refractivity contribution in [2.75, 3.05) is 19.0 Å². The molecule has 0 radical (unpaired) electrons. The average molecular weight is 398 g/mol. The number of esters is 1. The van der Waals surface area contributed by atoms with Gasteiger partial charge in [-0.3, -0.25) is 0 Å². The molecule has 0 saturated carbocycles. The van der Waals surface area contributed by atoms with Crippen molar-refractivity contribution in [1.82, 2.24) is 9.97 Å². The van der Waals surface area contributed by atoms with Crippen molar-refractivity contribution in [3.05, 3.63) is 52.2 Å². The summed E-state index contributed by atoms with van der Waals surface area (Å²) in [5.74, 6) is 1.13. The third-order valence-corrected chi connectivity index (χ3v) is 6.23. The van der Waals surface area contributed by atoms with Gasteiger partial charge >= 0.3 is 5.97 Å². The highest BCUT2D eigenvalue weighted by atomic mass is 32.1. The molecule has 0 bridgehead atoms. The normalized spacial score (nSPS) is 19.5. The van der Waals surface area contributed by atoms with Crippen molar-refractivity contribution >= 4 is 33.3 Å². The molecule has 1 aliphatic heterocycles. The number of ether oxygens (including phenoxy) is 2. The van der Waals surface area contributed by atoms with Gasteiger partial charge in [-0.1, -0.05) is 30.3 Å². The number of aromatic nitrogens is 2. The number of hydrogen-bond acceptors (Lipinski definition) is 7. The highest BCUT2D eigenvalue weighted by Gasteiger charge is 2.26. The SMILES string of the molecule is COC(=O)c1sc2nc(C)nc(NC3CCOC(c4ccccc4)C3)c2c1C. The summed E-state index contributed by atoms with van der Waals surface area (Å²) >= 11 is 1.35. The topological polar surface area (TPSA) is 73.3 Å². The molecule has 0 amide bonds. The second-order valence-corrected chi connectivity index (χ2v) is 7.98. The maximum Gasteiger partial charge on any atom is 0.348 e. The lowest BCUT2D eigenvalue weighted by molar-refractivity contribution is 0.00976. The third-order valence-electron chi connectivity index (χ3n) is 5.07. The Bertz CT molecular complexity index is 1000. The molecule has 1 N–H and O–H groups in total. The summed E-state index contributed by atoms with van der Waals surface area (Å²) in [5.41, 5.74) is 2.05. The van der Waals surface area contributed by atoms with Crippen LogP contribution in [0.2, 0.25) is 0 Å². The van der Waals surface area contributed by atoms with Crippen molar-refractivity contribution in [2.45, 2.75) is 38.8 Å². The fraction of sp³-hybridized carbons (Fsp3) is 0.381. The number of benzene rings is 1. The number of carbonyl (C=O) groups excluding carboxylic acids is 1. The molecule has 3 aromatic rings. The molecule has 7 heteroatoms. The van der Waals surface area contributed by atoms with E-state index in [9.17, 15) is 4.79 Å². The minimum absolute atomic E-state index is 0.0695. The van der Waals surface area contributed by atoms with Crippen molar-refractivity contribution in [3.8, 4) is 0 Å². The number of nitrogens with one attached hydrogen (secondary N) is 1. The molecule has 2 atom stereocenters. The fourth-order valence-electron chi connectivity index (χ4n) is 3.66. The first kappa shape index (κ1) is 18.8. The predicted molar refractivity (Wildman–Crippen MR) is 110 cm³/mol.